The molecule has 2 atom stereocenters. The molecule has 0 radical (unpaired) electrons. The molecule has 0 aromatic heterocycles. The summed E-state index contributed by atoms with van der Waals surface area (Å²) < 4.78 is 10.8. The lowest BCUT2D eigenvalue weighted by molar-refractivity contribution is -0.0545. The van der Waals surface area contributed by atoms with Gasteiger partial charge >= 0.3 is 6.03 Å². The second-order valence-electron chi connectivity index (χ2n) is 5.61. The van der Waals surface area contributed by atoms with Crippen molar-refractivity contribution in [1.29, 1.82) is 0 Å². The molecule has 2 amide bonds. The minimum absolute atomic E-state index is 0.0869. The average Bonchev–Trinajstić information content (AvgIpc) is 3.27. The number of nitrogens with one attached hydrogen (secondary N) is 1. The highest BCUT2D eigenvalue weighted by atomic mass is 16.5. The van der Waals surface area contributed by atoms with Crippen LogP contribution in [0.5, 0.6) is 0 Å². The average molecular weight is 270 g/mol. The van der Waals surface area contributed by atoms with Crippen LogP contribution in [0.4, 0.5) is 4.79 Å². The van der Waals surface area contributed by atoms with Gasteiger partial charge in [-0.15, -0.1) is 0 Å². The third-order valence-corrected chi connectivity index (χ3v) is 3.84. The van der Waals surface area contributed by atoms with Crippen LogP contribution in [-0.2, 0) is 9.47 Å². The first-order valence-corrected chi connectivity index (χ1v) is 7.39. The van der Waals surface area contributed by atoms with Crippen molar-refractivity contribution in [3.05, 3.63) is 0 Å². The SMILES string of the molecule is CCCN(C(=O)NCC1COCC(OC)C1)C1CC1. The van der Waals surface area contributed by atoms with Crippen LogP contribution in [0.3, 0.4) is 0 Å². The highest BCUT2D eigenvalue weighted by Gasteiger charge is 2.32. The van der Waals surface area contributed by atoms with Gasteiger partial charge in [0.1, 0.15) is 0 Å². The molecule has 0 aromatic rings. The van der Waals surface area contributed by atoms with Gasteiger partial charge < -0.3 is 19.7 Å². The molecular weight excluding hydrogens is 244 g/mol. The van der Waals surface area contributed by atoms with Gasteiger partial charge in [-0.3, -0.25) is 0 Å². The normalized spacial score (nSPS) is 27.1. The number of nitrogens with zero attached hydrogens (tertiary/aromatic N) is 1. The lowest BCUT2D eigenvalue weighted by atomic mass is 10.0. The predicted octanol–water partition coefficient (Wildman–Crippen LogP) is 1.62. The van der Waals surface area contributed by atoms with Gasteiger partial charge in [0.2, 0.25) is 0 Å². The zero-order valence-electron chi connectivity index (χ0n) is 12.1. The molecule has 5 nitrogen and oxygen atoms in total. The van der Waals surface area contributed by atoms with E-state index in [4.69, 9.17) is 9.47 Å². The summed E-state index contributed by atoms with van der Waals surface area (Å²) in [5.74, 6) is 0.366. The molecular formula is C14H26N2O3. The van der Waals surface area contributed by atoms with Crippen molar-refractivity contribution in [1.82, 2.24) is 10.2 Å². The molecule has 2 unspecified atom stereocenters. The first-order valence-electron chi connectivity index (χ1n) is 7.39. The van der Waals surface area contributed by atoms with E-state index in [1.807, 2.05) is 4.90 Å². The molecule has 1 N–H and O–H groups in total. The van der Waals surface area contributed by atoms with Crippen LogP contribution in [0, 0.1) is 5.92 Å². The molecule has 110 valence electrons. The molecule has 19 heavy (non-hydrogen) atoms. The van der Waals surface area contributed by atoms with E-state index in [2.05, 4.69) is 12.2 Å². The van der Waals surface area contributed by atoms with Crippen molar-refractivity contribution >= 4 is 6.03 Å². The number of rotatable bonds is 6. The van der Waals surface area contributed by atoms with Crippen LogP contribution >= 0.6 is 0 Å². The molecule has 0 aromatic carbocycles. The van der Waals surface area contributed by atoms with Gasteiger partial charge in [-0.1, -0.05) is 6.92 Å². The number of urea groups is 1. The maximum atomic E-state index is 12.2. The van der Waals surface area contributed by atoms with Gasteiger partial charge in [-0.25, -0.2) is 4.79 Å². The van der Waals surface area contributed by atoms with Crippen molar-refractivity contribution in [3.8, 4) is 0 Å². The summed E-state index contributed by atoms with van der Waals surface area (Å²) in [6.07, 6.45) is 4.47. The monoisotopic (exact) mass is 270 g/mol. The summed E-state index contributed by atoms with van der Waals surface area (Å²) in [7, 11) is 1.71. The fourth-order valence-corrected chi connectivity index (χ4v) is 2.59. The molecule has 0 bridgehead atoms. The van der Waals surface area contributed by atoms with Crippen LogP contribution in [0.15, 0.2) is 0 Å². The zero-order chi connectivity index (χ0) is 13.7. The summed E-state index contributed by atoms with van der Waals surface area (Å²) in [4.78, 5) is 14.1. The van der Waals surface area contributed by atoms with Crippen LogP contribution < -0.4 is 5.32 Å². The number of amides is 2. The fourth-order valence-electron chi connectivity index (χ4n) is 2.59. The van der Waals surface area contributed by atoms with Crippen LogP contribution in [0.1, 0.15) is 32.6 Å². The van der Waals surface area contributed by atoms with Gasteiger partial charge in [0.25, 0.3) is 0 Å². The van der Waals surface area contributed by atoms with Crippen molar-refractivity contribution in [3.63, 3.8) is 0 Å². The first kappa shape index (κ1) is 14.6. The van der Waals surface area contributed by atoms with Crippen LogP contribution in [-0.4, -0.2) is 56.5 Å². The van der Waals surface area contributed by atoms with Crippen molar-refractivity contribution in [2.24, 2.45) is 5.92 Å². The number of hydrogen-bond acceptors (Lipinski definition) is 3. The lowest BCUT2D eigenvalue weighted by Gasteiger charge is -2.29. The maximum absolute atomic E-state index is 12.2. The van der Waals surface area contributed by atoms with E-state index < -0.39 is 0 Å². The van der Waals surface area contributed by atoms with Crippen LogP contribution in [0.25, 0.3) is 0 Å². The number of carbonyl (C=O) groups is 1. The number of ether oxygens (including phenoxy) is 2. The minimum Gasteiger partial charge on any atom is -0.379 e. The van der Waals surface area contributed by atoms with E-state index in [-0.39, 0.29) is 12.1 Å². The van der Waals surface area contributed by atoms with Crippen molar-refractivity contribution < 1.29 is 14.3 Å². The molecule has 0 spiro atoms. The second-order valence-corrected chi connectivity index (χ2v) is 5.61. The molecule has 1 aliphatic heterocycles. The Morgan fingerprint density at radius 2 is 2.21 bits per heavy atom. The Morgan fingerprint density at radius 3 is 2.84 bits per heavy atom. The number of carbonyl (C=O) groups excluding carboxylic acids is 1. The highest BCUT2D eigenvalue weighted by molar-refractivity contribution is 5.74. The Kier molecular flexibility index (Phi) is 5.45. The molecule has 2 rings (SSSR count). The van der Waals surface area contributed by atoms with E-state index in [9.17, 15) is 4.79 Å². The first-order chi connectivity index (χ1) is 9.24. The number of methoxy groups -OCH3 is 1. The molecule has 2 aliphatic rings. The van der Waals surface area contributed by atoms with Gasteiger partial charge in [0.15, 0.2) is 0 Å². The third kappa shape index (κ3) is 4.35. The fraction of sp³-hybridized carbons (Fsp3) is 0.929. The lowest BCUT2D eigenvalue weighted by Crippen LogP contribution is -2.45. The van der Waals surface area contributed by atoms with Gasteiger partial charge in [-0.2, -0.15) is 0 Å². The molecule has 5 heteroatoms. The Labute approximate surface area is 115 Å². The maximum Gasteiger partial charge on any atom is 0.317 e. The summed E-state index contributed by atoms with van der Waals surface area (Å²) in [6, 6.07) is 0.568. The molecule has 1 heterocycles. The molecule has 1 aliphatic carbocycles. The molecule has 1 saturated heterocycles. The summed E-state index contributed by atoms with van der Waals surface area (Å²) in [5.41, 5.74) is 0. The minimum atomic E-state index is 0.0869. The van der Waals surface area contributed by atoms with Gasteiger partial charge in [0.05, 0.1) is 19.3 Å². The molecule has 2 fully saturated rings. The Bertz CT molecular complexity index is 294. The Hall–Kier alpha value is -0.810. The van der Waals surface area contributed by atoms with Gasteiger partial charge in [-0.05, 0) is 25.7 Å². The van der Waals surface area contributed by atoms with Crippen molar-refractivity contribution in [2.75, 3.05) is 33.4 Å². The topological polar surface area (TPSA) is 50.8 Å². The third-order valence-electron chi connectivity index (χ3n) is 3.84. The summed E-state index contributed by atoms with van der Waals surface area (Å²) >= 11 is 0. The largest absolute Gasteiger partial charge is 0.379 e. The van der Waals surface area contributed by atoms with E-state index in [1.54, 1.807) is 7.11 Å². The second kappa shape index (κ2) is 7.10. The van der Waals surface area contributed by atoms with E-state index in [0.29, 0.717) is 25.1 Å². The predicted molar refractivity (Wildman–Crippen MR) is 73.1 cm³/mol. The van der Waals surface area contributed by atoms with E-state index >= 15 is 0 Å². The Morgan fingerprint density at radius 1 is 1.42 bits per heavy atom. The van der Waals surface area contributed by atoms with Gasteiger partial charge in [0, 0.05) is 32.2 Å². The van der Waals surface area contributed by atoms with E-state index in [1.165, 1.54) is 0 Å². The summed E-state index contributed by atoms with van der Waals surface area (Å²) in [5, 5.41) is 3.05. The highest BCUT2D eigenvalue weighted by Crippen LogP contribution is 2.27. The standard InChI is InChI=1S/C14H26N2O3/c1-3-6-16(12-4-5-12)14(17)15-8-11-7-13(18-2)10-19-9-11/h11-13H,3-10H2,1-2H3,(H,15,17). The van der Waals surface area contributed by atoms with E-state index in [0.717, 1.165) is 38.8 Å². The zero-order valence-corrected chi connectivity index (χ0v) is 12.1. The quantitative estimate of drug-likeness (QED) is 0.798. The summed E-state index contributed by atoms with van der Waals surface area (Å²) in [6.45, 7) is 5.05. The van der Waals surface area contributed by atoms with Crippen molar-refractivity contribution in [2.45, 2.75) is 44.8 Å². The molecule has 1 saturated carbocycles. The number of hydrogen-bond donors (Lipinski definition) is 1. The smallest absolute Gasteiger partial charge is 0.317 e. The Balaban J connectivity index is 1.72. The van der Waals surface area contributed by atoms with Crippen LogP contribution in [0.2, 0.25) is 0 Å².